The van der Waals surface area contributed by atoms with Crippen LogP contribution < -0.4 is 4.74 Å². The number of nitrogens with zero attached hydrogens (tertiary/aromatic N) is 3. The Morgan fingerprint density at radius 3 is 2.83 bits per heavy atom. The van der Waals surface area contributed by atoms with Gasteiger partial charge in [0.1, 0.15) is 12.4 Å². The SMILES string of the molecule is COC[C@@H]1CCCN1Cc1ccc2c(c1)OCCN(C[C@H](O)CN1CCc3ccccc3C1)C2=O. The maximum absolute atomic E-state index is 13.3. The van der Waals surface area contributed by atoms with Gasteiger partial charge in [0.15, 0.2) is 0 Å². The number of ether oxygens (including phenoxy) is 2. The van der Waals surface area contributed by atoms with Crippen LogP contribution in [0.15, 0.2) is 42.5 Å². The fourth-order valence-electron chi connectivity index (χ4n) is 5.71. The molecule has 2 aromatic carbocycles. The Hall–Kier alpha value is -2.45. The lowest BCUT2D eigenvalue weighted by Gasteiger charge is -2.32. The molecule has 3 heterocycles. The number of β-amino-alcohol motifs (C(OH)–C–C–N with tert-alkyl or cyclic N) is 1. The maximum Gasteiger partial charge on any atom is 0.257 e. The van der Waals surface area contributed by atoms with Gasteiger partial charge in [0, 0.05) is 45.9 Å². The third-order valence-corrected chi connectivity index (χ3v) is 7.54. The first-order valence-electron chi connectivity index (χ1n) is 12.9. The van der Waals surface area contributed by atoms with E-state index in [0.717, 1.165) is 51.2 Å². The summed E-state index contributed by atoms with van der Waals surface area (Å²) in [5.41, 5.74) is 4.46. The number of hydrogen-bond donors (Lipinski definition) is 1. The van der Waals surface area contributed by atoms with Crippen LogP contribution in [0.25, 0.3) is 0 Å². The summed E-state index contributed by atoms with van der Waals surface area (Å²) in [4.78, 5) is 19.8. The van der Waals surface area contributed by atoms with Crippen LogP contribution in [0.2, 0.25) is 0 Å². The third-order valence-electron chi connectivity index (χ3n) is 7.54. The first-order chi connectivity index (χ1) is 17.1. The molecule has 3 aliphatic rings. The van der Waals surface area contributed by atoms with Crippen molar-refractivity contribution in [3.63, 3.8) is 0 Å². The number of methoxy groups -OCH3 is 1. The molecule has 0 spiro atoms. The van der Waals surface area contributed by atoms with E-state index < -0.39 is 6.10 Å². The van der Waals surface area contributed by atoms with E-state index in [1.54, 1.807) is 12.0 Å². The fraction of sp³-hybridized carbons (Fsp3) is 0.536. The van der Waals surface area contributed by atoms with E-state index in [2.05, 4.69) is 34.1 Å². The Balaban J connectivity index is 1.19. The van der Waals surface area contributed by atoms with E-state index >= 15 is 0 Å². The second-order valence-corrected chi connectivity index (χ2v) is 10.1. The van der Waals surface area contributed by atoms with E-state index in [4.69, 9.17) is 9.47 Å². The summed E-state index contributed by atoms with van der Waals surface area (Å²) < 4.78 is 11.4. The molecule has 0 bridgehead atoms. The van der Waals surface area contributed by atoms with Crippen LogP contribution in [0, 0.1) is 0 Å². The highest BCUT2D eigenvalue weighted by atomic mass is 16.5. The third kappa shape index (κ3) is 5.70. The van der Waals surface area contributed by atoms with Gasteiger partial charge in [0.25, 0.3) is 5.91 Å². The lowest BCUT2D eigenvalue weighted by molar-refractivity contribution is 0.0501. The zero-order valence-corrected chi connectivity index (χ0v) is 20.7. The molecular formula is C28H37N3O4. The number of carbonyl (C=O) groups excluding carboxylic acids is 1. The van der Waals surface area contributed by atoms with Gasteiger partial charge in [-0.2, -0.15) is 0 Å². The highest BCUT2D eigenvalue weighted by molar-refractivity contribution is 5.97. The van der Waals surface area contributed by atoms with Crippen molar-refractivity contribution in [3.8, 4) is 5.75 Å². The number of aliphatic hydroxyl groups excluding tert-OH is 1. The van der Waals surface area contributed by atoms with E-state index in [1.165, 1.54) is 17.5 Å². The largest absolute Gasteiger partial charge is 0.491 e. The Morgan fingerprint density at radius 2 is 1.97 bits per heavy atom. The van der Waals surface area contributed by atoms with Crippen molar-refractivity contribution in [1.29, 1.82) is 0 Å². The second kappa shape index (κ2) is 11.1. The lowest BCUT2D eigenvalue weighted by Crippen LogP contribution is -2.44. The monoisotopic (exact) mass is 479 g/mol. The summed E-state index contributed by atoms with van der Waals surface area (Å²) in [6.07, 6.45) is 2.75. The Morgan fingerprint density at radius 1 is 1.11 bits per heavy atom. The van der Waals surface area contributed by atoms with Gasteiger partial charge >= 0.3 is 0 Å². The van der Waals surface area contributed by atoms with Crippen molar-refractivity contribution in [2.24, 2.45) is 0 Å². The number of amides is 1. The zero-order chi connectivity index (χ0) is 24.2. The molecule has 7 heteroatoms. The first-order valence-corrected chi connectivity index (χ1v) is 12.9. The van der Waals surface area contributed by atoms with Crippen molar-refractivity contribution >= 4 is 5.91 Å². The molecule has 5 rings (SSSR count). The molecule has 1 saturated heterocycles. The molecule has 3 aliphatic heterocycles. The number of carbonyl (C=O) groups is 1. The molecule has 0 saturated carbocycles. The fourth-order valence-corrected chi connectivity index (χ4v) is 5.71. The molecule has 2 aromatic rings. The quantitative estimate of drug-likeness (QED) is 0.628. The van der Waals surface area contributed by atoms with Crippen LogP contribution in [0.3, 0.4) is 0 Å². The molecule has 0 radical (unpaired) electrons. The van der Waals surface area contributed by atoms with E-state index in [-0.39, 0.29) is 5.91 Å². The minimum atomic E-state index is -0.599. The summed E-state index contributed by atoms with van der Waals surface area (Å²) in [5.74, 6) is 0.588. The molecule has 1 amide bonds. The van der Waals surface area contributed by atoms with Crippen molar-refractivity contribution in [2.45, 2.75) is 44.5 Å². The van der Waals surface area contributed by atoms with Crippen LogP contribution >= 0.6 is 0 Å². The van der Waals surface area contributed by atoms with Crippen molar-refractivity contribution in [2.75, 3.05) is 53.0 Å². The highest BCUT2D eigenvalue weighted by Gasteiger charge is 2.28. The topological polar surface area (TPSA) is 65.5 Å². The van der Waals surface area contributed by atoms with Gasteiger partial charge in [-0.25, -0.2) is 0 Å². The van der Waals surface area contributed by atoms with Gasteiger partial charge < -0.3 is 19.5 Å². The predicted octanol–water partition coefficient (Wildman–Crippen LogP) is 2.55. The smallest absolute Gasteiger partial charge is 0.257 e. The highest BCUT2D eigenvalue weighted by Crippen LogP contribution is 2.27. The number of rotatable bonds is 8. The lowest BCUT2D eigenvalue weighted by atomic mass is 10.00. The van der Waals surface area contributed by atoms with Crippen LogP contribution in [0.1, 0.15) is 39.9 Å². The van der Waals surface area contributed by atoms with Crippen LogP contribution in [-0.2, 0) is 24.2 Å². The minimum Gasteiger partial charge on any atom is -0.491 e. The summed E-state index contributed by atoms with van der Waals surface area (Å²) in [7, 11) is 1.76. The van der Waals surface area contributed by atoms with Crippen LogP contribution in [-0.4, -0.2) is 90.9 Å². The predicted molar refractivity (Wildman–Crippen MR) is 135 cm³/mol. The molecule has 2 atom stereocenters. The zero-order valence-electron chi connectivity index (χ0n) is 20.7. The van der Waals surface area contributed by atoms with E-state index in [9.17, 15) is 9.90 Å². The van der Waals surface area contributed by atoms with Crippen molar-refractivity contribution in [1.82, 2.24) is 14.7 Å². The molecule has 188 valence electrons. The Kier molecular flexibility index (Phi) is 7.68. The maximum atomic E-state index is 13.3. The second-order valence-electron chi connectivity index (χ2n) is 10.1. The number of fused-ring (bicyclic) bond motifs is 2. The molecule has 1 N–H and O–H groups in total. The number of aliphatic hydroxyl groups is 1. The number of hydrogen-bond acceptors (Lipinski definition) is 6. The minimum absolute atomic E-state index is 0.0643. The standard InChI is InChI=1S/C28H37N3O4/c1-34-20-24-7-4-11-30(24)16-21-8-9-26-27(15-21)35-14-13-31(28(26)33)19-25(32)18-29-12-10-22-5-2-3-6-23(22)17-29/h2-3,5-6,8-9,15,24-25,32H,4,7,10-14,16-20H2,1H3/t24-,25+/m0/s1. The number of likely N-dealkylation sites (tertiary alicyclic amines) is 1. The molecule has 0 aliphatic carbocycles. The van der Waals surface area contributed by atoms with Crippen LogP contribution in [0.5, 0.6) is 5.75 Å². The normalized spacial score (nSPS) is 21.8. The molecule has 0 unspecified atom stereocenters. The molecule has 7 nitrogen and oxygen atoms in total. The summed E-state index contributed by atoms with van der Waals surface area (Å²) in [6.45, 7) is 6.21. The van der Waals surface area contributed by atoms with E-state index in [0.29, 0.717) is 43.6 Å². The Bertz CT molecular complexity index is 1030. The number of benzene rings is 2. The molecule has 1 fully saturated rings. The van der Waals surface area contributed by atoms with Gasteiger partial charge in [-0.3, -0.25) is 14.6 Å². The summed E-state index contributed by atoms with van der Waals surface area (Å²) in [6, 6.07) is 14.9. The Labute approximate surface area is 208 Å². The average Bonchev–Trinajstić information content (AvgIpc) is 3.23. The molecular weight excluding hydrogens is 442 g/mol. The van der Waals surface area contributed by atoms with Gasteiger partial charge in [0.05, 0.1) is 24.8 Å². The molecule has 35 heavy (non-hydrogen) atoms. The van der Waals surface area contributed by atoms with E-state index in [1.807, 2.05) is 18.2 Å². The van der Waals surface area contributed by atoms with Gasteiger partial charge in [-0.1, -0.05) is 30.3 Å². The first kappa shape index (κ1) is 24.3. The van der Waals surface area contributed by atoms with Gasteiger partial charge in [-0.15, -0.1) is 0 Å². The van der Waals surface area contributed by atoms with Gasteiger partial charge in [-0.05, 0) is 54.6 Å². The van der Waals surface area contributed by atoms with Gasteiger partial charge in [0.2, 0.25) is 0 Å². The summed E-state index contributed by atoms with van der Waals surface area (Å²) >= 11 is 0. The van der Waals surface area contributed by atoms with Crippen molar-refractivity contribution in [3.05, 3.63) is 64.7 Å². The summed E-state index contributed by atoms with van der Waals surface area (Å²) in [5, 5.41) is 10.8. The van der Waals surface area contributed by atoms with Crippen molar-refractivity contribution < 1.29 is 19.4 Å². The molecule has 0 aromatic heterocycles. The average molecular weight is 480 g/mol. The van der Waals surface area contributed by atoms with Crippen LogP contribution in [0.4, 0.5) is 0 Å².